The van der Waals surface area contributed by atoms with E-state index < -0.39 is 7.12 Å². The van der Waals surface area contributed by atoms with E-state index in [1.54, 1.807) is 6.07 Å². The van der Waals surface area contributed by atoms with E-state index in [-0.39, 0.29) is 7.43 Å². The summed E-state index contributed by atoms with van der Waals surface area (Å²) >= 11 is 3.52. The molecule has 0 unspecified atom stereocenters. The molecule has 0 atom stereocenters. The number of fused-ring (bicyclic) bond motifs is 14. The number of nitrogens with zero attached hydrogens (tertiary/aromatic N) is 2. The minimum atomic E-state index is -1.56. The largest absolute Gasteiger partial charge is 0.492 e. The topological polar surface area (TPSA) is 73.2 Å². The molecule has 2 heterocycles. The maximum Gasteiger partial charge on any atom is 0.492 e. The van der Waals surface area contributed by atoms with Crippen molar-refractivity contribution in [1.29, 1.82) is 0 Å². The lowest BCUT2D eigenvalue weighted by atomic mass is 9.79. The van der Waals surface area contributed by atoms with Crippen LogP contribution in [-0.2, 0) is 0 Å². The van der Waals surface area contributed by atoms with Gasteiger partial charge in [-0.25, -0.2) is 0 Å². The van der Waals surface area contributed by atoms with Crippen LogP contribution in [0.4, 0.5) is 34.1 Å². The number of rotatable bonds is 10. The van der Waals surface area contributed by atoms with Gasteiger partial charge in [-0.05, 0) is 157 Å². The first kappa shape index (κ1) is 61.4. The van der Waals surface area contributed by atoms with Crippen LogP contribution < -0.4 is 15.3 Å². The van der Waals surface area contributed by atoms with Crippen molar-refractivity contribution < 1.29 is 18.9 Å². The number of hydrogen-bond donors (Lipinski definition) is 2. The summed E-state index contributed by atoms with van der Waals surface area (Å²) in [6, 6.07) is 122. The van der Waals surface area contributed by atoms with Crippen molar-refractivity contribution in [1.82, 2.24) is 0 Å². The van der Waals surface area contributed by atoms with E-state index in [0.29, 0.717) is 11.0 Å². The van der Waals surface area contributed by atoms with Crippen LogP contribution in [0.2, 0.25) is 0 Å². The first-order chi connectivity index (χ1) is 47.4. The van der Waals surface area contributed by atoms with Gasteiger partial charge < -0.3 is 28.7 Å². The molecule has 18 rings (SSSR count). The van der Waals surface area contributed by atoms with Gasteiger partial charge in [-0.2, -0.15) is 0 Å². The highest BCUT2D eigenvalue weighted by atomic mass is 79.9. The molecule has 0 aliphatic carbocycles. The molecule has 8 heteroatoms. The molecule has 464 valence electrons. The van der Waals surface area contributed by atoms with Crippen LogP contribution in [0.25, 0.3) is 120 Å². The molecule has 0 aliphatic rings. The molecule has 2 N–H and O–H groups in total. The Balaban J connectivity index is 0.000000128. The zero-order chi connectivity index (χ0) is 64.5. The molecule has 0 aliphatic heterocycles. The van der Waals surface area contributed by atoms with Crippen LogP contribution in [0.1, 0.15) is 7.43 Å². The van der Waals surface area contributed by atoms with Crippen molar-refractivity contribution in [2.45, 2.75) is 7.43 Å². The lowest BCUT2D eigenvalue weighted by molar-refractivity contribution is 0.425. The van der Waals surface area contributed by atoms with Crippen LogP contribution in [0.5, 0.6) is 0 Å². The van der Waals surface area contributed by atoms with Crippen LogP contribution in [0.3, 0.4) is 0 Å². The lowest BCUT2D eigenvalue weighted by Gasteiger charge is -2.26. The number of halogens is 1. The van der Waals surface area contributed by atoms with Gasteiger partial charge in [-0.15, -0.1) is 0 Å². The molecular formula is C89H64BBrN2O4. The second kappa shape index (κ2) is 26.9. The summed E-state index contributed by atoms with van der Waals surface area (Å²) in [6.45, 7) is 0. The Hall–Kier alpha value is -11.8. The quantitative estimate of drug-likeness (QED) is 0.105. The van der Waals surface area contributed by atoms with Gasteiger partial charge in [0.1, 0.15) is 22.3 Å². The molecular weight excluding hydrogens is 1250 g/mol. The summed E-state index contributed by atoms with van der Waals surface area (Å²) < 4.78 is 14.0. The minimum Gasteiger partial charge on any atom is -0.456 e. The standard InChI is InChI=1S/C44H29NO.C24H18BrN.C20H13BO3.CH4/c1-3-10-30(11-4-1)31-20-25-36(26-21-31)45(35-13-5-2-6-14-35)37-27-22-33(23-28-37)39-16-9-17-40-41-29-24-34-19-18-32-12-7-8-15-38(32)42(34)44(41)46-43(39)40;25-21-13-17-24(18-14-21)26(22-9-5-2-6-10-22)23-15-11-20(12-16-23)19-7-3-1-4-8-19;22-21(23)17-7-3-6-15-16-11-10-13-9-8-12-4-1-2-5-14(12)18(13)20(16)24-19(15)17;/h1-29H;1-18H;1-11,22-23H;1H4. The first-order valence-electron chi connectivity index (χ1n) is 32.1. The maximum atomic E-state index is 9.63. The average Bonchev–Trinajstić information content (AvgIpc) is 1.61. The predicted molar refractivity (Wildman–Crippen MR) is 414 cm³/mol. The number of hydrogen-bond acceptors (Lipinski definition) is 6. The second-order valence-electron chi connectivity index (χ2n) is 23.8. The van der Waals surface area contributed by atoms with E-state index in [1.165, 1.54) is 43.8 Å². The predicted octanol–water partition coefficient (Wildman–Crippen LogP) is 24.5. The molecule has 97 heavy (non-hydrogen) atoms. The molecule has 0 amide bonds. The fourth-order valence-electron chi connectivity index (χ4n) is 13.4. The number of anilines is 6. The van der Waals surface area contributed by atoms with E-state index in [9.17, 15) is 10.0 Å². The van der Waals surface area contributed by atoms with Crippen molar-refractivity contribution in [3.8, 4) is 33.4 Å². The van der Waals surface area contributed by atoms with Gasteiger partial charge >= 0.3 is 7.12 Å². The molecule has 0 fully saturated rings. The summed E-state index contributed by atoms with van der Waals surface area (Å²) in [5.74, 6) is 0. The Morgan fingerprint density at radius 1 is 0.247 bits per heavy atom. The Morgan fingerprint density at radius 3 is 1.02 bits per heavy atom. The van der Waals surface area contributed by atoms with Gasteiger partial charge in [-0.3, -0.25) is 0 Å². The highest BCUT2D eigenvalue weighted by Gasteiger charge is 2.22. The summed E-state index contributed by atoms with van der Waals surface area (Å²) in [5, 5.41) is 32.6. The van der Waals surface area contributed by atoms with Gasteiger partial charge in [-0.1, -0.05) is 278 Å². The van der Waals surface area contributed by atoms with Crippen LogP contribution >= 0.6 is 15.9 Å². The van der Waals surface area contributed by atoms with Gasteiger partial charge in [0.2, 0.25) is 0 Å². The highest BCUT2D eigenvalue weighted by Crippen LogP contribution is 2.44. The van der Waals surface area contributed by atoms with Crippen LogP contribution in [0.15, 0.2) is 365 Å². The second-order valence-corrected chi connectivity index (χ2v) is 24.7. The van der Waals surface area contributed by atoms with Crippen molar-refractivity contribution in [3.63, 3.8) is 0 Å². The fourth-order valence-corrected chi connectivity index (χ4v) is 13.7. The van der Waals surface area contributed by atoms with Crippen molar-refractivity contribution in [3.05, 3.63) is 356 Å². The van der Waals surface area contributed by atoms with Gasteiger partial charge in [0.25, 0.3) is 0 Å². The molecule has 0 bridgehead atoms. The third-order valence-electron chi connectivity index (χ3n) is 18.1. The summed E-state index contributed by atoms with van der Waals surface area (Å²) in [5.41, 5.74) is 17.4. The number of furan rings is 2. The monoisotopic (exact) mass is 1310 g/mol. The van der Waals surface area contributed by atoms with Gasteiger partial charge in [0, 0.05) is 81.9 Å². The van der Waals surface area contributed by atoms with Crippen molar-refractivity contribution in [2.75, 3.05) is 9.80 Å². The highest BCUT2D eigenvalue weighted by molar-refractivity contribution is 9.10. The van der Waals surface area contributed by atoms with Gasteiger partial charge in [0.15, 0.2) is 0 Å². The zero-order valence-corrected chi connectivity index (χ0v) is 53.6. The van der Waals surface area contributed by atoms with E-state index >= 15 is 0 Å². The maximum absolute atomic E-state index is 9.63. The Bertz CT molecular complexity index is 5790. The van der Waals surface area contributed by atoms with E-state index in [2.05, 4.69) is 329 Å². The number of para-hydroxylation sites is 4. The third-order valence-corrected chi connectivity index (χ3v) is 18.6. The van der Waals surface area contributed by atoms with E-state index in [1.807, 2.05) is 42.5 Å². The molecule has 16 aromatic carbocycles. The molecule has 2 aromatic heterocycles. The van der Waals surface area contributed by atoms with Crippen LogP contribution in [-0.4, -0.2) is 17.2 Å². The molecule has 0 spiro atoms. The first-order valence-corrected chi connectivity index (χ1v) is 32.9. The van der Waals surface area contributed by atoms with Gasteiger partial charge in [0.05, 0.1) is 0 Å². The number of benzene rings is 16. The normalized spacial score (nSPS) is 11.2. The molecule has 0 saturated heterocycles. The Kier molecular flexibility index (Phi) is 17.0. The lowest BCUT2D eigenvalue weighted by Crippen LogP contribution is -2.29. The molecule has 18 aromatic rings. The average molecular weight is 1320 g/mol. The molecule has 0 saturated carbocycles. The third kappa shape index (κ3) is 12.0. The van der Waals surface area contributed by atoms with Crippen molar-refractivity contribution >= 4 is 150 Å². The van der Waals surface area contributed by atoms with Crippen molar-refractivity contribution in [2.24, 2.45) is 0 Å². The van der Waals surface area contributed by atoms with E-state index in [4.69, 9.17) is 8.83 Å². The molecule has 6 nitrogen and oxygen atoms in total. The fraction of sp³-hybridized carbons (Fsp3) is 0.0112. The smallest absolute Gasteiger partial charge is 0.456 e. The summed E-state index contributed by atoms with van der Waals surface area (Å²) in [4.78, 5) is 4.57. The zero-order valence-electron chi connectivity index (χ0n) is 52.0. The molecule has 0 radical (unpaired) electrons. The minimum absolute atomic E-state index is 0. The summed E-state index contributed by atoms with van der Waals surface area (Å²) in [7, 11) is -1.56. The van der Waals surface area contributed by atoms with Crippen LogP contribution in [0, 0.1) is 0 Å². The Labute approximate surface area is 571 Å². The SMILES string of the molecule is Brc1ccc(N(c2ccccc2)c2ccc(-c3ccccc3)cc2)cc1.C.OB(O)c1cccc2c1oc1c2ccc2ccc3ccccc3c21.c1ccc(-c2ccc(N(c3ccccc3)c3ccc(-c4cccc5c4oc4c5ccc5ccc6ccccc6c54)cc3)cc2)cc1. The Morgan fingerprint density at radius 2 is 0.567 bits per heavy atom. The van der Waals surface area contributed by atoms with E-state index in [0.717, 1.165) is 110 Å². The summed E-state index contributed by atoms with van der Waals surface area (Å²) in [6.07, 6.45) is 0.